The summed E-state index contributed by atoms with van der Waals surface area (Å²) in [5.74, 6) is 1.24. The van der Waals surface area contributed by atoms with Gasteiger partial charge < -0.3 is 5.32 Å². The topological polar surface area (TPSA) is 12.0 Å². The summed E-state index contributed by atoms with van der Waals surface area (Å²) in [7, 11) is 0. The van der Waals surface area contributed by atoms with Crippen molar-refractivity contribution in [2.24, 2.45) is 0 Å². The van der Waals surface area contributed by atoms with Crippen LogP contribution in [0, 0.1) is 0 Å². The molecule has 2 aliphatic rings. The minimum absolute atomic E-state index is 0.495. The Morgan fingerprint density at radius 1 is 1.45 bits per heavy atom. The van der Waals surface area contributed by atoms with Crippen LogP contribution >= 0.6 is 23.1 Å². The van der Waals surface area contributed by atoms with Crippen LogP contribution in [0.15, 0.2) is 11.4 Å². The summed E-state index contributed by atoms with van der Waals surface area (Å²) in [6.07, 6.45) is 0. The standard InChI is InChI=1S/C8H9NS2/c1-2-10-7-3-11-8(6(1)7)4-9-5-8/h1-2,9H,3-5H2. The van der Waals surface area contributed by atoms with Crippen molar-refractivity contribution in [3.63, 3.8) is 0 Å². The monoisotopic (exact) mass is 183 g/mol. The first kappa shape index (κ1) is 6.52. The van der Waals surface area contributed by atoms with Crippen LogP contribution in [0.4, 0.5) is 0 Å². The van der Waals surface area contributed by atoms with Crippen molar-refractivity contribution in [2.45, 2.75) is 10.5 Å². The van der Waals surface area contributed by atoms with Crippen LogP contribution in [0.5, 0.6) is 0 Å². The smallest absolute Gasteiger partial charge is 0.0671 e. The predicted octanol–water partition coefficient (Wildman–Crippen LogP) is 1.79. The Bertz CT molecular complexity index is 288. The number of thioether (sulfide) groups is 1. The Hall–Kier alpha value is 0.01000. The molecule has 3 heterocycles. The molecule has 1 saturated heterocycles. The highest BCUT2D eigenvalue weighted by atomic mass is 32.2. The second-order valence-electron chi connectivity index (χ2n) is 3.14. The maximum Gasteiger partial charge on any atom is 0.0671 e. The zero-order valence-corrected chi connectivity index (χ0v) is 7.73. The normalized spacial score (nSPS) is 25.1. The van der Waals surface area contributed by atoms with Crippen molar-refractivity contribution < 1.29 is 0 Å². The van der Waals surface area contributed by atoms with Gasteiger partial charge in [-0.1, -0.05) is 0 Å². The lowest BCUT2D eigenvalue weighted by atomic mass is 9.94. The van der Waals surface area contributed by atoms with Gasteiger partial charge in [0.15, 0.2) is 0 Å². The molecule has 1 fully saturated rings. The van der Waals surface area contributed by atoms with Crippen LogP contribution in [-0.2, 0) is 10.5 Å². The molecule has 0 aromatic carbocycles. The molecule has 0 amide bonds. The quantitative estimate of drug-likeness (QED) is 0.658. The van der Waals surface area contributed by atoms with Gasteiger partial charge in [0, 0.05) is 23.7 Å². The highest BCUT2D eigenvalue weighted by Gasteiger charge is 2.44. The molecular formula is C8H9NS2. The third kappa shape index (κ3) is 0.713. The summed E-state index contributed by atoms with van der Waals surface area (Å²) < 4.78 is 0.495. The van der Waals surface area contributed by atoms with E-state index in [9.17, 15) is 0 Å². The maximum atomic E-state index is 3.36. The molecule has 1 N–H and O–H groups in total. The highest BCUT2D eigenvalue weighted by molar-refractivity contribution is 8.00. The summed E-state index contributed by atoms with van der Waals surface area (Å²) in [5, 5.41) is 5.59. The summed E-state index contributed by atoms with van der Waals surface area (Å²) in [6, 6.07) is 2.31. The Balaban J connectivity index is 2.12. The number of rotatable bonds is 0. The molecule has 1 nitrogen and oxygen atoms in total. The average molecular weight is 183 g/mol. The van der Waals surface area contributed by atoms with Gasteiger partial charge in [-0.05, 0) is 17.0 Å². The van der Waals surface area contributed by atoms with Crippen LogP contribution in [0.25, 0.3) is 0 Å². The molecule has 11 heavy (non-hydrogen) atoms. The Morgan fingerprint density at radius 3 is 3.09 bits per heavy atom. The Morgan fingerprint density at radius 2 is 2.36 bits per heavy atom. The first-order valence-electron chi connectivity index (χ1n) is 3.82. The van der Waals surface area contributed by atoms with Crippen LogP contribution in [0.3, 0.4) is 0 Å². The predicted molar refractivity (Wildman–Crippen MR) is 50.2 cm³/mol. The first-order valence-corrected chi connectivity index (χ1v) is 5.69. The highest BCUT2D eigenvalue weighted by Crippen LogP contribution is 2.51. The van der Waals surface area contributed by atoms with E-state index >= 15 is 0 Å². The van der Waals surface area contributed by atoms with Crippen LogP contribution in [0.2, 0.25) is 0 Å². The molecule has 3 rings (SSSR count). The van der Waals surface area contributed by atoms with Gasteiger partial charge in [-0.3, -0.25) is 0 Å². The van der Waals surface area contributed by atoms with Crippen LogP contribution in [0.1, 0.15) is 10.4 Å². The molecule has 2 aliphatic heterocycles. The van der Waals surface area contributed by atoms with Crippen molar-refractivity contribution >= 4 is 23.1 Å². The summed E-state index contributed by atoms with van der Waals surface area (Å²) >= 11 is 4.03. The van der Waals surface area contributed by atoms with Crippen molar-refractivity contribution in [3.05, 3.63) is 21.9 Å². The van der Waals surface area contributed by atoms with Gasteiger partial charge in [-0.2, -0.15) is 0 Å². The van der Waals surface area contributed by atoms with Crippen LogP contribution < -0.4 is 5.32 Å². The molecule has 1 aromatic rings. The number of hydrogen-bond donors (Lipinski definition) is 1. The fourth-order valence-electron chi connectivity index (χ4n) is 1.78. The average Bonchev–Trinajstić information content (AvgIpc) is 2.38. The van der Waals surface area contributed by atoms with Crippen molar-refractivity contribution in [1.29, 1.82) is 0 Å². The number of fused-ring (bicyclic) bond motifs is 2. The molecule has 1 spiro atoms. The second kappa shape index (κ2) is 2.03. The van der Waals surface area contributed by atoms with E-state index in [0.717, 1.165) is 0 Å². The SMILES string of the molecule is c1cc2c(s1)CSC21CNC1. The molecular weight excluding hydrogens is 174 g/mol. The van der Waals surface area contributed by atoms with E-state index in [0.29, 0.717) is 4.75 Å². The largest absolute Gasteiger partial charge is 0.313 e. The Labute approximate surface area is 74.2 Å². The van der Waals surface area contributed by atoms with Gasteiger partial charge in [-0.25, -0.2) is 0 Å². The number of hydrogen-bond acceptors (Lipinski definition) is 3. The van der Waals surface area contributed by atoms with Crippen LogP contribution in [-0.4, -0.2) is 13.1 Å². The lowest BCUT2D eigenvalue weighted by molar-refractivity contribution is 0.409. The van der Waals surface area contributed by atoms with Gasteiger partial charge in [0.25, 0.3) is 0 Å². The molecule has 0 bridgehead atoms. The van der Waals surface area contributed by atoms with Gasteiger partial charge >= 0.3 is 0 Å². The zero-order chi connectivity index (χ0) is 7.31. The van der Waals surface area contributed by atoms with E-state index in [4.69, 9.17) is 0 Å². The Kier molecular flexibility index (Phi) is 1.20. The summed E-state index contributed by atoms with van der Waals surface area (Å²) in [4.78, 5) is 1.61. The first-order chi connectivity index (χ1) is 5.41. The van der Waals surface area contributed by atoms with Gasteiger partial charge in [0.2, 0.25) is 0 Å². The van der Waals surface area contributed by atoms with E-state index in [2.05, 4.69) is 28.5 Å². The lowest BCUT2D eigenvalue weighted by Crippen LogP contribution is -2.53. The third-order valence-electron chi connectivity index (χ3n) is 2.54. The fourth-order valence-corrected chi connectivity index (χ4v) is 4.37. The minimum Gasteiger partial charge on any atom is -0.313 e. The summed E-state index contributed by atoms with van der Waals surface area (Å²) in [6.45, 7) is 2.36. The lowest BCUT2D eigenvalue weighted by Gasteiger charge is -2.38. The number of thiophene rings is 1. The molecule has 58 valence electrons. The third-order valence-corrected chi connectivity index (χ3v) is 5.13. The molecule has 1 aromatic heterocycles. The van der Waals surface area contributed by atoms with E-state index in [1.165, 1.54) is 18.8 Å². The van der Waals surface area contributed by atoms with E-state index in [1.807, 2.05) is 11.3 Å². The molecule has 0 saturated carbocycles. The molecule has 0 unspecified atom stereocenters. The van der Waals surface area contributed by atoms with E-state index < -0.39 is 0 Å². The summed E-state index contributed by atoms with van der Waals surface area (Å²) in [5.41, 5.74) is 1.62. The molecule has 0 radical (unpaired) electrons. The molecule has 0 aliphatic carbocycles. The van der Waals surface area contributed by atoms with E-state index in [-0.39, 0.29) is 0 Å². The molecule has 3 heteroatoms. The maximum absolute atomic E-state index is 3.36. The van der Waals surface area contributed by atoms with Gasteiger partial charge in [0.05, 0.1) is 4.75 Å². The fraction of sp³-hybridized carbons (Fsp3) is 0.500. The second-order valence-corrected chi connectivity index (χ2v) is 5.50. The van der Waals surface area contributed by atoms with Gasteiger partial charge in [0.1, 0.15) is 0 Å². The number of nitrogens with one attached hydrogen (secondary N) is 1. The van der Waals surface area contributed by atoms with Gasteiger partial charge in [-0.15, -0.1) is 23.1 Å². The van der Waals surface area contributed by atoms with E-state index in [1.54, 1.807) is 10.4 Å². The minimum atomic E-state index is 0.495. The van der Waals surface area contributed by atoms with Crippen molar-refractivity contribution in [3.8, 4) is 0 Å². The van der Waals surface area contributed by atoms with Crippen molar-refractivity contribution in [1.82, 2.24) is 5.32 Å². The zero-order valence-electron chi connectivity index (χ0n) is 6.09. The molecule has 0 atom stereocenters. The van der Waals surface area contributed by atoms with Crippen molar-refractivity contribution in [2.75, 3.05) is 13.1 Å².